The molecule has 0 saturated heterocycles. The van der Waals surface area contributed by atoms with Gasteiger partial charge in [0.05, 0.1) is 34.5 Å². The molecule has 7 nitrogen and oxygen atoms in total. The Labute approximate surface area is 249 Å². The number of halogens is 1. The highest BCUT2D eigenvalue weighted by molar-refractivity contribution is 9.10. The van der Waals surface area contributed by atoms with Crippen LogP contribution in [0, 0.1) is 0 Å². The van der Waals surface area contributed by atoms with Gasteiger partial charge in [-0.05, 0) is 88.3 Å². The molecule has 0 N–H and O–H groups in total. The molecule has 208 valence electrons. The fourth-order valence-electron chi connectivity index (χ4n) is 5.44. The minimum absolute atomic E-state index is 0.113. The Morgan fingerprint density at radius 2 is 1.93 bits per heavy atom. The lowest BCUT2D eigenvalue weighted by atomic mass is 9.83. The molecular formula is C32H27BrN2O5S. The summed E-state index contributed by atoms with van der Waals surface area (Å²) in [7, 11) is 1.64. The molecule has 0 saturated carbocycles. The maximum atomic E-state index is 14.1. The number of hydrogen-bond acceptors (Lipinski definition) is 7. The molecule has 2 aliphatic rings. The minimum Gasteiger partial charge on any atom is -0.497 e. The van der Waals surface area contributed by atoms with Gasteiger partial charge in [-0.3, -0.25) is 14.2 Å². The van der Waals surface area contributed by atoms with Crippen LogP contribution in [0.15, 0.2) is 80.5 Å². The largest absolute Gasteiger partial charge is 0.497 e. The lowest BCUT2D eigenvalue weighted by molar-refractivity contribution is -0.132. The number of carbonyl (C=O) groups excluding carboxylic acids is 1. The average molecular weight is 632 g/mol. The van der Waals surface area contributed by atoms with Crippen LogP contribution in [0.4, 0.5) is 0 Å². The van der Waals surface area contributed by atoms with E-state index in [0.29, 0.717) is 31.9 Å². The molecule has 0 radical (unpaired) electrons. The molecule has 0 spiro atoms. The number of fused-ring (bicyclic) bond motifs is 3. The van der Waals surface area contributed by atoms with Gasteiger partial charge in [0, 0.05) is 12.5 Å². The molecule has 0 amide bonds. The maximum Gasteiger partial charge on any atom is 0.308 e. The predicted octanol–water partition coefficient (Wildman–Crippen LogP) is 5.41. The zero-order valence-electron chi connectivity index (χ0n) is 22.8. The van der Waals surface area contributed by atoms with Crippen molar-refractivity contribution in [1.29, 1.82) is 0 Å². The summed E-state index contributed by atoms with van der Waals surface area (Å²) in [6.07, 6.45) is 3.54. The predicted molar refractivity (Wildman–Crippen MR) is 162 cm³/mol. The third kappa shape index (κ3) is 5.04. The van der Waals surface area contributed by atoms with E-state index in [1.165, 1.54) is 23.8 Å². The zero-order valence-corrected chi connectivity index (χ0v) is 25.2. The number of thiazole rings is 1. The van der Waals surface area contributed by atoms with Gasteiger partial charge in [0.15, 0.2) is 16.3 Å². The molecule has 2 heterocycles. The van der Waals surface area contributed by atoms with E-state index in [9.17, 15) is 9.59 Å². The summed E-state index contributed by atoms with van der Waals surface area (Å²) < 4.78 is 19.4. The van der Waals surface area contributed by atoms with Crippen LogP contribution in [0.1, 0.15) is 48.6 Å². The van der Waals surface area contributed by atoms with Crippen LogP contribution in [-0.2, 0) is 11.2 Å². The molecule has 1 aromatic heterocycles. The Bertz CT molecular complexity index is 1890. The normalized spacial score (nSPS) is 15.9. The third-order valence-corrected chi connectivity index (χ3v) is 8.75. The second-order valence-electron chi connectivity index (χ2n) is 9.74. The van der Waals surface area contributed by atoms with Crippen LogP contribution in [0.5, 0.6) is 17.2 Å². The topological polar surface area (TPSA) is 79.1 Å². The van der Waals surface area contributed by atoms with Crippen LogP contribution in [0.3, 0.4) is 0 Å². The van der Waals surface area contributed by atoms with Crippen LogP contribution in [0.2, 0.25) is 0 Å². The molecule has 6 rings (SSSR count). The number of benzene rings is 3. The van der Waals surface area contributed by atoms with Crippen LogP contribution >= 0.6 is 27.3 Å². The summed E-state index contributed by atoms with van der Waals surface area (Å²) in [5.74, 6) is 1.04. The van der Waals surface area contributed by atoms with E-state index in [4.69, 9.17) is 19.2 Å². The summed E-state index contributed by atoms with van der Waals surface area (Å²) in [6.45, 7) is 3.59. The fraction of sp³-hybridized carbons (Fsp3) is 0.219. The average Bonchev–Trinajstić information content (AvgIpc) is 3.28. The molecule has 4 aromatic rings. The number of methoxy groups -OCH3 is 1. The van der Waals surface area contributed by atoms with Crippen LogP contribution < -0.4 is 29.1 Å². The number of nitrogens with zero attached hydrogens (tertiary/aromatic N) is 2. The molecule has 0 fully saturated rings. The Morgan fingerprint density at radius 3 is 2.66 bits per heavy atom. The Balaban J connectivity index is 1.55. The van der Waals surface area contributed by atoms with E-state index in [2.05, 4.69) is 34.1 Å². The quantitative estimate of drug-likeness (QED) is 0.210. The van der Waals surface area contributed by atoms with E-state index in [1.54, 1.807) is 19.2 Å². The first-order valence-corrected chi connectivity index (χ1v) is 14.9. The van der Waals surface area contributed by atoms with Crippen molar-refractivity contribution in [2.75, 3.05) is 13.7 Å². The van der Waals surface area contributed by atoms with Gasteiger partial charge in [-0.15, -0.1) is 0 Å². The number of rotatable bonds is 6. The standard InChI is InChI=1S/C32H27BrN2O5S/c1-4-39-26-16-19(15-25(33)30(26)40-18(2)36)17-27-31(37)35-29(21-9-12-22(38-3)13-10-21)24-14-11-20-7-5-6-8-23(20)28(24)34-32(35)41-27/h5-10,12-13,15-17,29H,4,11,14H2,1-3H3/b27-17-/t29-/m0/s1. The molecule has 1 atom stereocenters. The summed E-state index contributed by atoms with van der Waals surface area (Å²) in [5, 5.41) is 0. The van der Waals surface area contributed by atoms with E-state index < -0.39 is 5.97 Å². The molecule has 1 aliphatic carbocycles. The first kappa shape index (κ1) is 27.2. The lowest BCUT2D eigenvalue weighted by Crippen LogP contribution is -2.38. The number of ether oxygens (including phenoxy) is 3. The van der Waals surface area contributed by atoms with E-state index in [0.717, 1.165) is 46.6 Å². The van der Waals surface area contributed by atoms with Crippen molar-refractivity contribution in [3.05, 3.63) is 113 Å². The smallest absolute Gasteiger partial charge is 0.308 e. The first-order chi connectivity index (χ1) is 19.9. The maximum absolute atomic E-state index is 14.1. The van der Waals surface area contributed by atoms with Gasteiger partial charge in [-0.25, -0.2) is 4.99 Å². The molecule has 9 heteroatoms. The van der Waals surface area contributed by atoms with Gasteiger partial charge in [-0.1, -0.05) is 47.7 Å². The van der Waals surface area contributed by atoms with Gasteiger partial charge in [0.25, 0.3) is 5.56 Å². The van der Waals surface area contributed by atoms with Crippen molar-refractivity contribution in [3.8, 4) is 17.2 Å². The highest BCUT2D eigenvalue weighted by atomic mass is 79.9. The highest BCUT2D eigenvalue weighted by Gasteiger charge is 2.32. The van der Waals surface area contributed by atoms with Gasteiger partial charge in [0.1, 0.15) is 5.75 Å². The summed E-state index contributed by atoms with van der Waals surface area (Å²) in [4.78, 5) is 31.5. The summed E-state index contributed by atoms with van der Waals surface area (Å²) in [6, 6.07) is 19.6. The molecule has 0 unspecified atom stereocenters. The molecular weight excluding hydrogens is 604 g/mol. The Kier molecular flexibility index (Phi) is 7.40. The SMILES string of the molecule is CCOc1cc(/C=c2\sc3n(c2=O)[C@@H](c2ccc(OC)cc2)C2=C(N=3)c3ccccc3CC2)cc(Br)c1OC(C)=O. The molecule has 3 aromatic carbocycles. The van der Waals surface area contributed by atoms with Gasteiger partial charge in [-0.2, -0.15) is 0 Å². The van der Waals surface area contributed by atoms with Crippen molar-refractivity contribution < 1.29 is 19.0 Å². The number of hydrogen-bond donors (Lipinski definition) is 0. The monoisotopic (exact) mass is 630 g/mol. The van der Waals surface area contributed by atoms with Crippen LogP contribution in [0.25, 0.3) is 11.8 Å². The van der Waals surface area contributed by atoms with E-state index in [1.807, 2.05) is 47.9 Å². The van der Waals surface area contributed by atoms with Crippen molar-refractivity contribution in [1.82, 2.24) is 4.57 Å². The van der Waals surface area contributed by atoms with Gasteiger partial charge >= 0.3 is 5.97 Å². The summed E-state index contributed by atoms with van der Waals surface area (Å²) in [5.41, 5.74) is 6.11. The molecule has 1 aliphatic heterocycles. The lowest BCUT2D eigenvalue weighted by Gasteiger charge is -2.30. The van der Waals surface area contributed by atoms with Crippen molar-refractivity contribution >= 4 is 45.0 Å². The third-order valence-electron chi connectivity index (χ3n) is 7.18. The first-order valence-electron chi connectivity index (χ1n) is 13.3. The number of aromatic nitrogens is 1. The molecule has 0 bridgehead atoms. The number of aryl methyl sites for hydroxylation is 1. The van der Waals surface area contributed by atoms with Crippen molar-refractivity contribution in [2.24, 2.45) is 4.99 Å². The van der Waals surface area contributed by atoms with E-state index in [-0.39, 0.29) is 11.6 Å². The second kappa shape index (κ2) is 11.1. The van der Waals surface area contributed by atoms with Crippen molar-refractivity contribution in [3.63, 3.8) is 0 Å². The minimum atomic E-state index is -0.447. The van der Waals surface area contributed by atoms with E-state index >= 15 is 0 Å². The van der Waals surface area contributed by atoms with Gasteiger partial charge in [0.2, 0.25) is 0 Å². The fourth-order valence-corrected chi connectivity index (χ4v) is 6.98. The number of allylic oxidation sites excluding steroid dienone is 1. The van der Waals surface area contributed by atoms with Crippen molar-refractivity contribution in [2.45, 2.75) is 32.7 Å². The van der Waals surface area contributed by atoms with Gasteiger partial charge < -0.3 is 14.2 Å². The number of esters is 1. The Hall–Kier alpha value is -3.95. The molecule has 41 heavy (non-hydrogen) atoms. The highest BCUT2D eigenvalue weighted by Crippen LogP contribution is 2.41. The Morgan fingerprint density at radius 1 is 1.15 bits per heavy atom. The van der Waals surface area contributed by atoms with Crippen LogP contribution in [-0.4, -0.2) is 24.3 Å². The summed E-state index contributed by atoms with van der Waals surface area (Å²) >= 11 is 4.86. The number of carbonyl (C=O) groups is 1. The second-order valence-corrected chi connectivity index (χ2v) is 11.6. The zero-order chi connectivity index (χ0) is 28.7.